The van der Waals surface area contributed by atoms with E-state index >= 15 is 0 Å². The van der Waals surface area contributed by atoms with Crippen LogP contribution in [-0.4, -0.2) is 19.9 Å². The van der Waals surface area contributed by atoms with Gasteiger partial charge in [-0.05, 0) is 95.9 Å². The first-order valence-electron chi connectivity index (χ1n) is 34.2. The van der Waals surface area contributed by atoms with Crippen molar-refractivity contribution in [3.8, 4) is 102 Å². The molecule has 1 atom stereocenters. The molecule has 0 fully saturated rings. The van der Waals surface area contributed by atoms with Gasteiger partial charge in [-0.3, -0.25) is 0 Å². The minimum Gasteiger partial charge on any atom is -0.455 e. The lowest BCUT2D eigenvalue weighted by molar-refractivity contribution is 0.447. The van der Waals surface area contributed by atoms with Crippen LogP contribution < -0.4 is 9.47 Å². The van der Waals surface area contributed by atoms with Crippen LogP contribution in [-0.2, 0) is 10.8 Å². The summed E-state index contributed by atoms with van der Waals surface area (Å²) >= 11 is 0. The third kappa shape index (κ3) is 7.51. The maximum atomic E-state index is 7.67. The molecule has 6 heteroatoms. The Morgan fingerprint density at radius 3 is 1.18 bits per heavy atom. The number of aromatic nitrogens is 4. The van der Waals surface area contributed by atoms with Gasteiger partial charge < -0.3 is 9.47 Å². The average molecular weight is 1270 g/mol. The molecule has 22 rings (SSSR count). The van der Waals surface area contributed by atoms with E-state index < -0.39 is 10.8 Å². The highest BCUT2D eigenvalue weighted by Crippen LogP contribution is 2.67. The van der Waals surface area contributed by atoms with Gasteiger partial charge in [-0.2, -0.15) is 0 Å². The molecule has 6 nitrogen and oxygen atoms in total. The van der Waals surface area contributed by atoms with E-state index in [9.17, 15) is 0 Å². The summed E-state index contributed by atoms with van der Waals surface area (Å²) in [6.07, 6.45) is 0. The van der Waals surface area contributed by atoms with E-state index in [1.54, 1.807) is 0 Å². The summed E-state index contributed by atoms with van der Waals surface area (Å²) in [6, 6.07) is 119. The number of para-hydroxylation sites is 2. The van der Waals surface area contributed by atoms with E-state index in [2.05, 4.69) is 322 Å². The summed E-state index contributed by atoms with van der Waals surface area (Å²) in [5.41, 5.74) is 21.9. The summed E-state index contributed by atoms with van der Waals surface area (Å²) in [4.78, 5) is 21.9. The fourth-order valence-electron chi connectivity index (χ4n) is 17.7. The van der Waals surface area contributed by atoms with Crippen LogP contribution in [0.1, 0.15) is 44.5 Å². The van der Waals surface area contributed by atoms with Gasteiger partial charge in [-0.15, -0.1) is 0 Å². The van der Waals surface area contributed by atoms with Crippen molar-refractivity contribution in [3.63, 3.8) is 0 Å². The molecule has 2 aliphatic heterocycles. The van der Waals surface area contributed by atoms with Gasteiger partial charge >= 0.3 is 0 Å². The van der Waals surface area contributed by atoms with Crippen LogP contribution in [0.3, 0.4) is 0 Å². The van der Waals surface area contributed by atoms with Crippen LogP contribution in [0.5, 0.6) is 23.0 Å². The highest BCUT2D eigenvalue weighted by atomic mass is 16.5. The molecule has 4 aliphatic rings. The predicted octanol–water partition coefficient (Wildman–Crippen LogP) is 23.5. The van der Waals surface area contributed by atoms with E-state index in [1.807, 2.05) is 6.07 Å². The standard InChI is InChI=1S/C94H54N4O2/c1-3-23-59(24-4-1)84-70-32-15-18-37-83(70)95-92(96-84)63-45-47-78-74(54-63)69-31-14-17-36-76(69)94(78)81-50-42-57-22-9-12-29-67(57)89(81)100-90-72-52-61(39-38-58(72)43-51-82(90)94)64-33-19-34-71-85(97-91(98-86(64)71)60-25-5-2-6-26-60)62-44-46-77-73(53-62)68-30-13-16-35-75(68)93(77)79-48-40-55-20-7-10-27-65(55)87(79)99-88-66-28-11-8-21-56(66)41-49-80(88)93/h1-54H. The Kier molecular flexibility index (Phi) is 11.4. The first-order chi connectivity index (χ1) is 49.6. The molecule has 2 aromatic heterocycles. The molecule has 4 heterocycles. The second-order valence-corrected chi connectivity index (χ2v) is 26.9. The molecular formula is C94H54N4O2. The zero-order valence-electron chi connectivity index (χ0n) is 53.8. The smallest absolute Gasteiger partial charge is 0.160 e. The second-order valence-electron chi connectivity index (χ2n) is 26.9. The number of nitrogens with zero attached hydrogens (tertiary/aromatic N) is 4. The second kappa shape index (κ2) is 20.7. The molecule has 18 aromatic rings. The lowest BCUT2D eigenvalue weighted by Gasteiger charge is -2.40. The Hall–Kier alpha value is -13.2. The summed E-state index contributed by atoms with van der Waals surface area (Å²) in [7, 11) is 0. The zero-order chi connectivity index (χ0) is 65.4. The molecule has 1 unspecified atom stereocenters. The summed E-state index contributed by atoms with van der Waals surface area (Å²) in [6.45, 7) is 0. The number of hydrogen-bond acceptors (Lipinski definition) is 6. The lowest BCUT2D eigenvalue weighted by Crippen LogP contribution is -2.32. The molecule has 2 spiro atoms. The lowest BCUT2D eigenvalue weighted by atomic mass is 9.65. The van der Waals surface area contributed by atoms with Crippen LogP contribution in [0.15, 0.2) is 328 Å². The fourth-order valence-corrected chi connectivity index (χ4v) is 17.7. The molecule has 100 heavy (non-hydrogen) atoms. The number of fused-ring (bicyclic) bond motifs is 28. The maximum absolute atomic E-state index is 7.67. The Labute approximate surface area is 575 Å². The minimum absolute atomic E-state index is 0.649. The molecule has 462 valence electrons. The van der Waals surface area contributed by atoms with Gasteiger partial charge in [0.25, 0.3) is 0 Å². The van der Waals surface area contributed by atoms with Crippen molar-refractivity contribution < 1.29 is 9.47 Å². The van der Waals surface area contributed by atoms with Gasteiger partial charge in [-0.1, -0.05) is 303 Å². The largest absolute Gasteiger partial charge is 0.455 e. The molecule has 0 amide bonds. The molecule has 2 aliphatic carbocycles. The van der Waals surface area contributed by atoms with E-state index in [0.717, 1.165) is 166 Å². The summed E-state index contributed by atoms with van der Waals surface area (Å²) < 4.78 is 15.0. The van der Waals surface area contributed by atoms with E-state index in [4.69, 9.17) is 29.4 Å². The van der Waals surface area contributed by atoms with Gasteiger partial charge in [0.2, 0.25) is 0 Å². The van der Waals surface area contributed by atoms with Gasteiger partial charge in [0.05, 0.1) is 33.3 Å². The Balaban J connectivity index is 0.741. The fraction of sp³-hybridized carbons (Fsp3) is 0.0213. The molecular weight excluding hydrogens is 1220 g/mol. The first-order valence-corrected chi connectivity index (χ1v) is 34.2. The van der Waals surface area contributed by atoms with Crippen LogP contribution in [0, 0.1) is 0 Å². The van der Waals surface area contributed by atoms with E-state index in [-0.39, 0.29) is 0 Å². The number of rotatable bonds is 5. The van der Waals surface area contributed by atoms with Crippen LogP contribution >= 0.6 is 0 Å². The van der Waals surface area contributed by atoms with Crippen LogP contribution in [0.25, 0.3) is 144 Å². The molecule has 16 aromatic carbocycles. The van der Waals surface area contributed by atoms with Crippen molar-refractivity contribution in [1.82, 2.24) is 19.9 Å². The Bertz CT molecular complexity index is 6540. The van der Waals surface area contributed by atoms with Gasteiger partial charge in [0.1, 0.15) is 23.0 Å². The SMILES string of the molecule is c1ccc(-c2nc(-c3ccc4c(c3)-c3ccccc3C43c4ccc5ccccc5c4Oc4c3ccc3ccccc43)c3cccc(-c4ccc5ccc6c(c5c4)Oc4c(ccc5ccccc45)C64c5ccccc5-c5cc(-c6nc(-c7ccccc7)c7ccccc7n6)ccc54)c3n2)cc1. The van der Waals surface area contributed by atoms with Crippen molar-refractivity contribution in [2.45, 2.75) is 10.8 Å². The Morgan fingerprint density at radius 2 is 0.600 bits per heavy atom. The normalized spacial score (nSPS) is 14.7. The molecule has 0 saturated carbocycles. The average Bonchev–Trinajstić information content (AvgIpc) is 1.47. The van der Waals surface area contributed by atoms with Gasteiger partial charge in [-0.25, -0.2) is 19.9 Å². The highest BCUT2D eigenvalue weighted by molar-refractivity contribution is 6.08. The summed E-state index contributed by atoms with van der Waals surface area (Å²) in [5, 5.41) is 10.7. The zero-order valence-corrected chi connectivity index (χ0v) is 53.8. The predicted molar refractivity (Wildman–Crippen MR) is 405 cm³/mol. The maximum Gasteiger partial charge on any atom is 0.160 e. The monoisotopic (exact) mass is 1270 g/mol. The molecule has 0 N–H and O–H groups in total. The summed E-state index contributed by atoms with van der Waals surface area (Å²) in [5.74, 6) is 4.80. The van der Waals surface area contributed by atoms with Gasteiger partial charge in [0, 0.05) is 82.4 Å². The molecule has 0 saturated heterocycles. The van der Waals surface area contributed by atoms with Crippen molar-refractivity contribution in [2.24, 2.45) is 0 Å². The van der Waals surface area contributed by atoms with Crippen molar-refractivity contribution >= 4 is 64.9 Å². The number of hydrogen-bond donors (Lipinski definition) is 0. The van der Waals surface area contributed by atoms with Crippen LogP contribution in [0.2, 0.25) is 0 Å². The topological polar surface area (TPSA) is 70.0 Å². The van der Waals surface area contributed by atoms with Crippen molar-refractivity contribution in [2.75, 3.05) is 0 Å². The minimum atomic E-state index is -0.774. The number of benzene rings is 16. The van der Waals surface area contributed by atoms with Crippen molar-refractivity contribution in [3.05, 3.63) is 372 Å². The highest BCUT2D eigenvalue weighted by Gasteiger charge is 2.54. The quantitative estimate of drug-likeness (QED) is 0.171. The van der Waals surface area contributed by atoms with Crippen LogP contribution in [0.4, 0.5) is 0 Å². The third-order valence-electron chi connectivity index (χ3n) is 22.0. The van der Waals surface area contributed by atoms with Crippen molar-refractivity contribution in [1.29, 1.82) is 0 Å². The molecule has 0 bridgehead atoms. The van der Waals surface area contributed by atoms with Gasteiger partial charge in [0.15, 0.2) is 11.6 Å². The number of ether oxygens (including phenoxy) is 2. The van der Waals surface area contributed by atoms with E-state index in [1.165, 1.54) is 33.4 Å². The Morgan fingerprint density at radius 1 is 0.210 bits per heavy atom. The third-order valence-corrected chi connectivity index (χ3v) is 22.0. The molecule has 0 radical (unpaired) electrons. The van der Waals surface area contributed by atoms with E-state index in [0.29, 0.717) is 11.6 Å². The first kappa shape index (κ1) is 55.0.